The van der Waals surface area contributed by atoms with Gasteiger partial charge in [0.2, 0.25) is 0 Å². The summed E-state index contributed by atoms with van der Waals surface area (Å²) in [7, 11) is -0.455. The van der Waals surface area contributed by atoms with Crippen molar-refractivity contribution in [3.05, 3.63) is 60.6 Å². The minimum atomic E-state index is -0.455. The topological polar surface area (TPSA) is 64.9 Å². The van der Waals surface area contributed by atoms with Crippen LogP contribution in [0.5, 0.6) is 0 Å². The minimum Gasteiger partial charge on any atom is -0.399 e. The van der Waals surface area contributed by atoms with Gasteiger partial charge in [0.05, 0.1) is 11.2 Å². The Balaban J connectivity index is 0.00000225. The van der Waals surface area contributed by atoms with Gasteiger partial charge in [0.15, 0.2) is 0 Å². The molecule has 3 aromatic rings. The maximum Gasteiger partial charge on any atom is 0.496 e. The van der Waals surface area contributed by atoms with Crippen LogP contribution in [0.1, 0.15) is 38.2 Å². The SMILES string of the molecule is Br.CC1(C)OB(c2ccc3nc(C(=O)Nc4ccccc4)cn3c2)OC1(C)C. The molecule has 2 aromatic heterocycles. The highest BCUT2D eigenvalue weighted by atomic mass is 79.9. The lowest BCUT2D eigenvalue weighted by atomic mass is 9.80. The van der Waals surface area contributed by atoms with Crippen molar-refractivity contribution < 1.29 is 14.1 Å². The number of aromatic nitrogens is 2. The summed E-state index contributed by atoms with van der Waals surface area (Å²) < 4.78 is 14.0. The maximum atomic E-state index is 12.5. The van der Waals surface area contributed by atoms with Gasteiger partial charge < -0.3 is 19.0 Å². The number of pyridine rings is 1. The van der Waals surface area contributed by atoms with Crippen molar-refractivity contribution in [3.63, 3.8) is 0 Å². The molecular weight excluding hydrogens is 421 g/mol. The van der Waals surface area contributed by atoms with Crippen LogP contribution in [0.2, 0.25) is 0 Å². The van der Waals surface area contributed by atoms with Crippen molar-refractivity contribution in [2.24, 2.45) is 0 Å². The number of hydrogen-bond donors (Lipinski definition) is 1. The lowest BCUT2D eigenvalue weighted by Gasteiger charge is -2.32. The summed E-state index contributed by atoms with van der Waals surface area (Å²) in [6.45, 7) is 8.09. The van der Waals surface area contributed by atoms with E-state index < -0.39 is 18.3 Å². The molecule has 0 spiro atoms. The molecule has 6 nitrogen and oxygen atoms in total. The molecule has 0 aliphatic carbocycles. The molecule has 1 fully saturated rings. The van der Waals surface area contributed by atoms with Gasteiger partial charge in [-0.1, -0.05) is 24.3 Å². The number of carbonyl (C=O) groups is 1. The quantitative estimate of drug-likeness (QED) is 0.629. The first-order valence-electron chi connectivity index (χ1n) is 8.96. The Kier molecular flexibility index (Phi) is 5.40. The van der Waals surface area contributed by atoms with Crippen LogP contribution in [-0.4, -0.2) is 33.6 Å². The molecule has 3 heterocycles. The molecule has 0 atom stereocenters. The van der Waals surface area contributed by atoms with Crippen molar-refractivity contribution in [1.82, 2.24) is 9.38 Å². The number of nitrogens with one attached hydrogen (secondary N) is 1. The van der Waals surface area contributed by atoms with Gasteiger partial charge in [0.25, 0.3) is 5.91 Å². The molecule has 0 saturated carbocycles. The van der Waals surface area contributed by atoms with Crippen molar-refractivity contribution in [1.29, 1.82) is 0 Å². The number of hydrogen-bond acceptors (Lipinski definition) is 4. The Morgan fingerprint density at radius 2 is 1.64 bits per heavy atom. The third-order valence-electron chi connectivity index (χ3n) is 5.26. The van der Waals surface area contributed by atoms with E-state index in [0.717, 1.165) is 11.2 Å². The molecule has 1 saturated heterocycles. The van der Waals surface area contributed by atoms with Crippen molar-refractivity contribution in [2.45, 2.75) is 38.9 Å². The van der Waals surface area contributed by atoms with Crippen LogP contribution >= 0.6 is 17.0 Å². The second kappa shape index (κ2) is 7.35. The number of halogens is 1. The summed E-state index contributed by atoms with van der Waals surface area (Å²) in [5.41, 5.74) is 1.86. The Morgan fingerprint density at radius 1 is 1.00 bits per heavy atom. The van der Waals surface area contributed by atoms with Gasteiger partial charge >= 0.3 is 7.12 Å². The van der Waals surface area contributed by atoms with Crippen LogP contribution in [0, 0.1) is 0 Å². The zero-order valence-corrected chi connectivity index (χ0v) is 18.0. The lowest BCUT2D eigenvalue weighted by molar-refractivity contribution is 0.00578. The number of fused-ring (bicyclic) bond motifs is 1. The highest BCUT2D eigenvalue weighted by Gasteiger charge is 2.51. The number of amides is 1. The molecule has 8 heteroatoms. The normalized spacial score (nSPS) is 17.4. The Labute approximate surface area is 175 Å². The Hall–Kier alpha value is -2.16. The lowest BCUT2D eigenvalue weighted by Crippen LogP contribution is -2.41. The van der Waals surface area contributed by atoms with Gasteiger partial charge in [-0.2, -0.15) is 0 Å². The maximum absolute atomic E-state index is 12.5. The van der Waals surface area contributed by atoms with Gasteiger partial charge in [-0.05, 0) is 51.4 Å². The third-order valence-corrected chi connectivity index (χ3v) is 5.26. The van der Waals surface area contributed by atoms with Gasteiger partial charge in [-0.3, -0.25) is 4.79 Å². The van der Waals surface area contributed by atoms with Crippen molar-refractivity contribution in [2.75, 3.05) is 5.32 Å². The molecule has 1 N–H and O–H groups in total. The van der Waals surface area contributed by atoms with Crippen molar-refractivity contribution in [3.8, 4) is 0 Å². The largest absolute Gasteiger partial charge is 0.496 e. The first-order valence-corrected chi connectivity index (χ1v) is 8.96. The van der Waals surface area contributed by atoms with E-state index in [2.05, 4.69) is 10.3 Å². The van der Waals surface area contributed by atoms with Crippen LogP contribution < -0.4 is 10.8 Å². The van der Waals surface area contributed by atoms with Crippen molar-refractivity contribution >= 4 is 46.8 Å². The molecule has 1 amide bonds. The van der Waals surface area contributed by atoms with E-state index in [1.807, 2.05) is 80.8 Å². The first-order chi connectivity index (χ1) is 12.7. The van der Waals surface area contributed by atoms with Crippen LogP contribution in [0.15, 0.2) is 54.9 Å². The molecule has 1 aromatic carbocycles. The Bertz CT molecular complexity index is 988. The van der Waals surface area contributed by atoms with E-state index in [0.29, 0.717) is 11.3 Å². The minimum absolute atomic E-state index is 0. The second-order valence-corrected chi connectivity index (χ2v) is 7.76. The molecule has 1 aliphatic heterocycles. The number of imidazole rings is 1. The second-order valence-electron chi connectivity index (χ2n) is 7.76. The van der Waals surface area contributed by atoms with Gasteiger partial charge in [0.1, 0.15) is 11.3 Å². The molecule has 0 unspecified atom stereocenters. The predicted molar refractivity (Wildman–Crippen MR) is 116 cm³/mol. The molecule has 4 rings (SSSR count). The highest BCUT2D eigenvalue weighted by Crippen LogP contribution is 2.36. The average molecular weight is 444 g/mol. The van der Waals surface area contributed by atoms with Crippen LogP contribution in [0.4, 0.5) is 5.69 Å². The number of carbonyl (C=O) groups excluding carboxylic acids is 1. The highest BCUT2D eigenvalue weighted by molar-refractivity contribution is 8.93. The van der Waals surface area contributed by atoms with Crippen LogP contribution in [-0.2, 0) is 9.31 Å². The number of benzene rings is 1. The summed E-state index contributed by atoms with van der Waals surface area (Å²) in [5.74, 6) is -0.248. The monoisotopic (exact) mass is 443 g/mol. The van der Waals surface area contributed by atoms with Gasteiger partial charge in [0, 0.05) is 18.1 Å². The van der Waals surface area contributed by atoms with Gasteiger partial charge in [-0.15, -0.1) is 17.0 Å². The predicted octanol–water partition coefficient (Wildman–Crippen LogP) is 3.46. The fourth-order valence-electron chi connectivity index (χ4n) is 2.95. The third kappa shape index (κ3) is 3.72. The molecule has 0 radical (unpaired) electrons. The molecule has 1 aliphatic rings. The van der Waals surface area contributed by atoms with E-state index >= 15 is 0 Å². The van der Waals surface area contributed by atoms with E-state index in [4.69, 9.17) is 9.31 Å². The summed E-state index contributed by atoms with van der Waals surface area (Å²) >= 11 is 0. The molecule has 28 heavy (non-hydrogen) atoms. The smallest absolute Gasteiger partial charge is 0.399 e. The molecular formula is C20H23BBrN3O3. The summed E-state index contributed by atoms with van der Waals surface area (Å²) in [4.78, 5) is 16.9. The standard InChI is InChI=1S/C20H22BN3O3.BrH/c1-19(2)20(3,4)27-21(26-19)14-10-11-17-23-16(13-24(17)12-14)18(25)22-15-8-6-5-7-9-15;/h5-13H,1-4H3,(H,22,25);1H. The fraction of sp³-hybridized carbons (Fsp3) is 0.300. The van der Waals surface area contributed by atoms with Crippen LogP contribution in [0.3, 0.4) is 0 Å². The molecule has 0 bridgehead atoms. The first kappa shape index (κ1) is 20.6. The number of rotatable bonds is 3. The van der Waals surface area contributed by atoms with Crippen LogP contribution in [0.25, 0.3) is 5.65 Å². The number of para-hydroxylation sites is 1. The van der Waals surface area contributed by atoms with E-state index in [-0.39, 0.29) is 22.9 Å². The number of nitrogens with zero attached hydrogens (tertiary/aromatic N) is 2. The van der Waals surface area contributed by atoms with E-state index in [1.165, 1.54) is 0 Å². The zero-order chi connectivity index (χ0) is 19.2. The van der Waals surface area contributed by atoms with E-state index in [9.17, 15) is 4.79 Å². The average Bonchev–Trinajstić information content (AvgIpc) is 3.13. The zero-order valence-electron chi connectivity index (χ0n) is 16.3. The van der Waals surface area contributed by atoms with E-state index in [1.54, 1.807) is 6.20 Å². The fourth-order valence-corrected chi connectivity index (χ4v) is 2.95. The molecule has 146 valence electrons. The number of anilines is 1. The summed E-state index contributed by atoms with van der Waals surface area (Å²) in [6.07, 6.45) is 3.60. The summed E-state index contributed by atoms with van der Waals surface area (Å²) in [6, 6.07) is 13.1. The Morgan fingerprint density at radius 3 is 2.29 bits per heavy atom. The van der Waals surface area contributed by atoms with Gasteiger partial charge in [-0.25, -0.2) is 4.98 Å². The summed E-state index contributed by atoms with van der Waals surface area (Å²) in [5, 5.41) is 2.85.